The molecule has 2 N–H and O–H groups in total. The number of fused-ring (bicyclic) bond motifs is 1. The van der Waals surface area contributed by atoms with E-state index < -0.39 is 11.6 Å². The Bertz CT molecular complexity index is 1140. The van der Waals surface area contributed by atoms with Crippen molar-refractivity contribution >= 4 is 16.8 Å². The van der Waals surface area contributed by atoms with E-state index in [4.69, 9.17) is 5.21 Å². The maximum Gasteiger partial charge on any atom is 0.274 e. The van der Waals surface area contributed by atoms with Crippen LogP contribution < -0.4 is 5.48 Å². The van der Waals surface area contributed by atoms with Crippen molar-refractivity contribution in [2.75, 3.05) is 19.6 Å². The molecule has 0 radical (unpaired) electrons. The summed E-state index contributed by atoms with van der Waals surface area (Å²) in [6.45, 7) is 8.98. The van der Waals surface area contributed by atoms with Crippen LogP contribution in [0, 0.1) is 5.92 Å². The van der Waals surface area contributed by atoms with Crippen molar-refractivity contribution in [3.05, 3.63) is 70.9 Å². The average Bonchev–Trinajstić information content (AvgIpc) is 3.12. The number of alkyl halides is 1. The molecule has 0 aliphatic carbocycles. The van der Waals surface area contributed by atoms with E-state index in [0.717, 1.165) is 57.3 Å². The summed E-state index contributed by atoms with van der Waals surface area (Å²) in [5, 5.41) is 10.2. The highest BCUT2D eigenvalue weighted by Gasteiger charge is 2.26. The fourth-order valence-electron chi connectivity index (χ4n) is 5.52. The molecule has 0 spiro atoms. The monoisotopic (exact) mass is 479 g/mol. The van der Waals surface area contributed by atoms with E-state index in [1.54, 1.807) is 31.5 Å². The number of amides is 1. The van der Waals surface area contributed by atoms with E-state index in [1.165, 1.54) is 22.2 Å². The normalized spacial score (nSPS) is 15.6. The zero-order chi connectivity index (χ0) is 25.0. The van der Waals surface area contributed by atoms with Crippen LogP contribution in [0.1, 0.15) is 67.2 Å². The van der Waals surface area contributed by atoms with Crippen LogP contribution in [0.3, 0.4) is 0 Å². The lowest BCUT2D eigenvalue weighted by Crippen LogP contribution is -2.41. The molecule has 1 aromatic heterocycles. The largest absolute Gasteiger partial charge is 0.344 e. The molecule has 5 nitrogen and oxygen atoms in total. The average molecular weight is 480 g/mol. The maximum absolute atomic E-state index is 14.1. The van der Waals surface area contributed by atoms with E-state index in [0.29, 0.717) is 18.0 Å². The Labute approximate surface area is 207 Å². The van der Waals surface area contributed by atoms with Crippen molar-refractivity contribution in [1.29, 1.82) is 0 Å². The zero-order valence-electron chi connectivity index (χ0n) is 21.2. The third kappa shape index (κ3) is 6.11. The molecule has 6 heteroatoms. The van der Waals surface area contributed by atoms with Gasteiger partial charge in [-0.05, 0) is 87.9 Å². The fourth-order valence-corrected chi connectivity index (χ4v) is 5.52. The summed E-state index contributed by atoms with van der Waals surface area (Å²) in [6.07, 6.45) is 5.08. The van der Waals surface area contributed by atoms with Gasteiger partial charge in [-0.15, -0.1) is 0 Å². The lowest BCUT2D eigenvalue weighted by atomic mass is 9.95. The number of hydrogen-bond acceptors (Lipinski definition) is 3. The second-order valence-electron chi connectivity index (χ2n) is 10.6. The number of halogens is 1. The molecule has 2 aromatic carbocycles. The van der Waals surface area contributed by atoms with Crippen molar-refractivity contribution < 1.29 is 14.4 Å². The van der Waals surface area contributed by atoms with E-state index in [9.17, 15) is 9.18 Å². The number of nitrogens with zero attached hydrogens (tertiary/aromatic N) is 2. The maximum atomic E-state index is 14.1. The van der Waals surface area contributed by atoms with Gasteiger partial charge in [0.05, 0.1) is 0 Å². The molecule has 4 rings (SSSR count). The van der Waals surface area contributed by atoms with Gasteiger partial charge in [0, 0.05) is 35.2 Å². The second-order valence-corrected chi connectivity index (χ2v) is 10.6. The number of nitrogens with one attached hydrogen (secondary N) is 1. The summed E-state index contributed by atoms with van der Waals surface area (Å²) in [6, 6.07) is 16.1. The molecule has 188 valence electrons. The highest BCUT2D eigenvalue weighted by Crippen LogP contribution is 2.32. The molecule has 3 aromatic rings. The minimum absolute atomic E-state index is 0.440. The minimum Gasteiger partial charge on any atom is -0.344 e. The molecular formula is C29H38FN3O2. The number of likely N-dealkylation sites (tertiary alicyclic amines) is 1. The molecule has 1 amide bonds. The standard InChI is InChI=1S/C29H38FN3O2/c1-4-7-26-25(18-21-10-12-23(13-11-21)28(34)31-35)24-8-5-6-9-27(24)33(26)19-22-14-16-32(17-15-22)20-29(2,3)30/h5-6,8-13,22,35H,4,7,14-20H2,1-3H3,(H,31,34). The number of rotatable bonds is 9. The lowest BCUT2D eigenvalue weighted by Gasteiger charge is -2.35. The first-order valence-electron chi connectivity index (χ1n) is 12.8. The summed E-state index contributed by atoms with van der Waals surface area (Å²) in [7, 11) is 0. The third-order valence-corrected chi connectivity index (χ3v) is 7.13. The van der Waals surface area contributed by atoms with Gasteiger partial charge in [0.15, 0.2) is 0 Å². The first-order valence-corrected chi connectivity index (χ1v) is 12.8. The number of hydroxylamine groups is 1. The van der Waals surface area contributed by atoms with E-state index >= 15 is 0 Å². The van der Waals surface area contributed by atoms with Crippen LogP contribution in [0.15, 0.2) is 48.5 Å². The summed E-state index contributed by atoms with van der Waals surface area (Å²) >= 11 is 0. The van der Waals surface area contributed by atoms with Gasteiger partial charge in [-0.1, -0.05) is 43.7 Å². The number of benzene rings is 2. The first kappa shape index (κ1) is 25.4. The van der Waals surface area contributed by atoms with Gasteiger partial charge < -0.3 is 9.47 Å². The number of carbonyl (C=O) groups excluding carboxylic acids is 1. The van der Waals surface area contributed by atoms with Gasteiger partial charge in [0.2, 0.25) is 0 Å². The first-order chi connectivity index (χ1) is 16.8. The molecule has 1 aliphatic heterocycles. The number of hydrogen-bond donors (Lipinski definition) is 2. The van der Waals surface area contributed by atoms with Crippen molar-refractivity contribution in [2.45, 2.75) is 65.1 Å². The number of para-hydroxylation sites is 1. The molecule has 1 saturated heterocycles. The van der Waals surface area contributed by atoms with Gasteiger partial charge in [-0.25, -0.2) is 9.87 Å². The number of aromatic nitrogens is 1. The van der Waals surface area contributed by atoms with Gasteiger partial charge in [0.25, 0.3) is 5.91 Å². The van der Waals surface area contributed by atoms with Crippen molar-refractivity contribution in [2.24, 2.45) is 5.92 Å². The Morgan fingerprint density at radius 1 is 1.11 bits per heavy atom. The van der Waals surface area contributed by atoms with Crippen LogP contribution in [-0.4, -0.2) is 45.9 Å². The topological polar surface area (TPSA) is 57.5 Å². The van der Waals surface area contributed by atoms with Gasteiger partial charge in [-0.3, -0.25) is 10.0 Å². The van der Waals surface area contributed by atoms with Gasteiger partial charge in [0.1, 0.15) is 5.67 Å². The Balaban J connectivity index is 1.59. The zero-order valence-corrected chi connectivity index (χ0v) is 21.2. The Hall–Kier alpha value is -2.70. The highest BCUT2D eigenvalue weighted by atomic mass is 19.1. The molecule has 2 heterocycles. The molecule has 0 saturated carbocycles. The van der Waals surface area contributed by atoms with E-state index in [1.807, 2.05) is 12.1 Å². The summed E-state index contributed by atoms with van der Waals surface area (Å²) in [4.78, 5) is 14.0. The van der Waals surface area contributed by atoms with Crippen LogP contribution in [0.5, 0.6) is 0 Å². The summed E-state index contributed by atoms with van der Waals surface area (Å²) < 4.78 is 16.7. The Morgan fingerprint density at radius 3 is 2.43 bits per heavy atom. The van der Waals surface area contributed by atoms with Gasteiger partial charge in [-0.2, -0.15) is 0 Å². The SMILES string of the molecule is CCCc1c(Cc2ccc(C(=O)NO)cc2)c2ccccc2n1CC1CCN(CC(C)(C)F)CC1. The third-order valence-electron chi connectivity index (χ3n) is 7.13. The molecule has 1 fully saturated rings. The molecule has 0 unspecified atom stereocenters. The lowest BCUT2D eigenvalue weighted by molar-refractivity contribution is 0.0706. The predicted octanol–water partition coefficient (Wildman–Crippen LogP) is 5.76. The van der Waals surface area contributed by atoms with Crippen molar-refractivity contribution in [3.63, 3.8) is 0 Å². The fraction of sp³-hybridized carbons (Fsp3) is 0.483. The van der Waals surface area contributed by atoms with Crippen LogP contribution in [0.2, 0.25) is 0 Å². The molecule has 35 heavy (non-hydrogen) atoms. The van der Waals surface area contributed by atoms with E-state index in [2.05, 4.69) is 40.7 Å². The summed E-state index contributed by atoms with van der Waals surface area (Å²) in [5.74, 6) is 0.0884. The Morgan fingerprint density at radius 2 is 1.80 bits per heavy atom. The van der Waals surface area contributed by atoms with Crippen molar-refractivity contribution in [3.8, 4) is 0 Å². The number of piperidine rings is 1. The van der Waals surface area contributed by atoms with Crippen LogP contribution in [0.4, 0.5) is 4.39 Å². The molecule has 1 aliphatic rings. The van der Waals surface area contributed by atoms with Crippen molar-refractivity contribution in [1.82, 2.24) is 14.9 Å². The summed E-state index contributed by atoms with van der Waals surface area (Å²) in [5.41, 5.74) is 6.17. The van der Waals surface area contributed by atoms with Crippen LogP contribution in [-0.2, 0) is 19.4 Å². The quantitative estimate of drug-likeness (QED) is 0.303. The smallest absolute Gasteiger partial charge is 0.274 e. The highest BCUT2D eigenvalue weighted by molar-refractivity contribution is 5.93. The van der Waals surface area contributed by atoms with Crippen LogP contribution in [0.25, 0.3) is 10.9 Å². The number of carbonyl (C=O) groups is 1. The molecular weight excluding hydrogens is 441 g/mol. The molecule has 0 atom stereocenters. The van der Waals surface area contributed by atoms with Gasteiger partial charge >= 0.3 is 0 Å². The van der Waals surface area contributed by atoms with Crippen LogP contribution >= 0.6 is 0 Å². The molecule has 0 bridgehead atoms. The van der Waals surface area contributed by atoms with E-state index in [-0.39, 0.29) is 0 Å². The predicted molar refractivity (Wildman–Crippen MR) is 139 cm³/mol. The second kappa shape index (κ2) is 10.9. The Kier molecular flexibility index (Phi) is 7.92. The minimum atomic E-state index is -1.15.